The molecule has 76 valence electrons. The maximum atomic E-state index is 11.1. The summed E-state index contributed by atoms with van der Waals surface area (Å²) >= 11 is 4.22. The Morgan fingerprint density at radius 3 is 3.15 bits per heavy atom. The number of ether oxygens (including phenoxy) is 1. The van der Waals surface area contributed by atoms with Crippen molar-refractivity contribution in [3.05, 3.63) is 0 Å². The zero-order valence-electron chi connectivity index (χ0n) is 7.73. The second-order valence-electron chi connectivity index (χ2n) is 2.91. The number of nitrogens with zero attached hydrogens (tertiary/aromatic N) is 1. The summed E-state index contributed by atoms with van der Waals surface area (Å²) in [5.41, 5.74) is 0. The fourth-order valence-electron chi connectivity index (χ4n) is 1.06. The normalized spacial score (nSPS) is 24.3. The van der Waals surface area contributed by atoms with E-state index in [2.05, 4.69) is 12.6 Å². The lowest BCUT2D eigenvalue weighted by molar-refractivity contribution is -0.210. The van der Waals surface area contributed by atoms with Crippen molar-refractivity contribution in [2.24, 2.45) is 0 Å². The van der Waals surface area contributed by atoms with Gasteiger partial charge in [0.2, 0.25) is 0 Å². The number of hydrogen-bond acceptors (Lipinski definition) is 5. The zero-order valence-corrected chi connectivity index (χ0v) is 8.63. The Labute approximate surface area is 83.5 Å². The van der Waals surface area contributed by atoms with E-state index in [1.165, 1.54) is 0 Å². The van der Waals surface area contributed by atoms with E-state index >= 15 is 0 Å². The average Bonchev–Trinajstić information content (AvgIpc) is 2.09. The molecule has 1 heterocycles. The molecule has 0 N–H and O–H groups in total. The Balaban J connectivity index is 2.29. The van der Waals surface area contributed by atoms with Gasteiger partial charge >= 0.3 is 5.97 Å². The van der Waals surface area contributed by atoms with Gasteiger partial charge in [-0.2, -0.15) is 12.6 Å². The van der Waals surface area contributed by atoms with E-state index in [9.17, 15) is 4.79 Å². The highest BCUT2D eigenvalue weighted by Gasteiger charge is 2.22. The lowest BCUT2D eigenvalue weighted by Crippen LogP contribution is -2.43. The molecule has 0 aliphatic carbocycles. The van der Waals surface area contributed by atoms with Gasteiger partial charge in [0, 0.05) is 6.42 Å². The average molecular weight is 205 g/mol. The van der Waals surface area contributed by atoms with Crippen LogP contribution in [0.2, 0.25) is 0 Å². The van der Waals surface area contributed by atoms with Crippen molar-refractivity contribution >= 4 is 18.6 Å². The molecule has 1 unspecified atom stereocenters. The minimum absolute atomic E-state index is 0.130. The van der Waals surface area contributed by atoms with E-state index in [4.69, 9.17) is 9.57 Å². The summed E-state index contributed by atoms with van der Waals surface area (Å²) in [6.45, 7) is 3.64. The van der Waals surface area contributed by atoms with Crippen LogP contribution in [0.5, 0.6) is 0 Å². The van der Waals surface area contributed by atoms with Gasteiger partial charge in [0.05, 0.1) is 19.8 Å². The van der Waals surface area contributed by atoms with Crippen molar-refractivity contribution in [1.29, 1.82) is 0 Å². The van der Waals surface area contributed by atoms with E-state index in [0.29, 0.717) is 26.2 Å². The number of hydrogen-bond donors (Lipinski definition) is 1. The number of morpholine rings is 1. The minimum atomic E-state index is -0.191. The lowest BCUT2D eigenvalue weighted by Gasteiger charge is -2.30. The highest BCUT2D eigenvalue weighted by Crippen LogP contribution is 2.11. The van der Waals surface area contributed by atoms with E-state index < -0.39 is 0 Å². The van der Waals surface area contributed by atoms with Crippen LogP contribution < -0.4 is 0 Å². The van der Waals surface area contributed by atoms with Crippen LogP contribution >= 0.6 is 12.6 Å². The van der Waals surface area contributed by atoms with Crippen LogP contribution in [-0.2, 0) is 14.4 Å². The minimum Gasteiger partial charge on any atom is -0.377 e. The van der Waals surface area contributed by atoms with Gasteiger partial charge in [0.1, 0.15) is 5.37 Å². The molecule has 0 aromatic rings. The fraction of sp³-hybridized carbons (Fsp3) is 0.875. The predicted molar refractivity (Wildman–Crippen MR) is 51.3 cm³/mol. The molecule has 1 fully saturated rings. The SMILES string of the molecule is CCCC(=O)ON1CCOCC1S. The Morgan fingerprint density at radius 2 is 2.54 bits per heavy atom. The molecule has 0 spiro atoms. The first-order chi connectivity index (χ1) is 6.24. The Morgan fingerprint density at radius 1 is 1.77 bits per heavy atom. The van der Waals surface area contributed by atoms with Crippen LogP contribution in [0.1, 0.15) is 19.8 Å². The molecule has 1 rings (SSSR count). The third-order valence-electron chi connectivity index (χ3n) is 1.73. The molecule has 5 heteroatoms. The Kier molecular flexibility index (Phi) is 4.55. The topological polar surface area (TPSA) is 38.8 Å². The molecule has 0 amide bonds. The standard InChI is InChI=1S/C8H15NO3S/c1-2-3-8(10)12-9-4-5-11-6-7(9)13/h7,13H,2-6H2,1H3. The van der Waals surface area contributed by atoms with Crippen molar-refractivity contribution in [1.82, 2.24) is 5.06 Å². The van der Waals surface area contributed by atoms with Crippen molar-refractivity contribution < 1.29 is 14.4 Å². The molecule has 0 saturated carbocycles. The lowest BCUT2D eigenvalue weighted by atomic mass is 10.3. The summed E-state index contributed by atoms with van der Waals surface area (Å²) in [4.78, 5) is 16.2. The number of thiol groups is 1. The van der Waals surface area contributed by atoms with Gasteiger partial charge < -0.3 is 9.57 Å². The van der Waals surface area contributed by atoms with Crippen LogP contribution in [0.15, 0.2) is 0 Å². The number of rotatable bonds is 3. The Hall–Kier alpha value is -0.260. The maximum Gasteiger partial charge on any atom is 0.325 e. The molecule has 1 saturated heterocycles. The van der Waals surface area contributed by atoms with Crippen molar-refractivity contribution in [2.75, 3.05) is 19.8 Å². The summed E-state index contributed by atoms with van der Waals surface area (Å²) in [5, 5.41) is 1.44. The molecule has 1 aliphatic heterocycles. The van der Waals surface area contributed by atoms with Gasteiger partial charge in [-0.15, -0.1) is 5.06 Å². The van der Waals surface area contributed by atoms with E-state index in [0.717, 1.165) is 6.42 Å². The van der Waals surface area contributed by atoms with E-state index in [-0.39, 0.29) is 11.3 Å². The van der Waals surface area contributed by atoms with Crippen LogP contribution in [-0.4, -0.2) is 36.2 Å². The van der Waals surface area contributed by atoms with Crippen molar-refractivity contribution in [3.63, 3.8) is 0 Å². The first-order valence-electron chi connectivity index (χ1n) is 4.47. The van der Waals surface area contributed by atoms with Crippen LogP contribution in [0, 0.1) is 0 Å². The number of carbonyl (C=O) groups is 1. The van der Waals surface area contributed by atoms with Crippen LogP contribution in [0.25, 0.3) is 0 Å². The van der Waals surface area contributed by atoms with Gasteiger partial charge in [0.15, 0.2) is 0 Å². The van der Waals surface area contributed by atoms with E-state index in [1.807, 2.05) is 6.92 Å². The molecular weight excluding hydrogens is 190 g/mol. The molecule has 0 aromatic carbocycles. The number of carbonyl (C=O) groups excluding carboxylic acids is 1. The summed E-state index contributed by atoms with van der Waals surface area (Å²) in [6.07, 6.45) is 1.26. The monoisotopic (exact) mass is 205 g/mol. The molecule has 1 aliphatic rings. The molecule has 13 heavy (non-hydrogen) atoms. The molecule has 0 radical (unpaired) electrons. The van der Waals surface area contributed by atoms with Crippen molar-refractivity contribution in [3.8, 4) is 0 Å². The quantitative estimate of drug-likeness (QED) is 0.693. The molecule has 1 atom stereocenters. The fourth-order valence-corrected chi connectivity index (χ4v) is 1.33. The maximum absolute atomic E-state index is 11.1. The van der Waals surface area contributed by atoms with Gasteiger partial charge in [-0.25, -0.2) is 0 Å². The molecule has 4 nitrogen and oxygen atoms in total. The summed E-state index contributed by atoms with van der Waals surface area (Å²) < 4.78 is 5.14. The highest BCUT2D eigenvalue weighted by molar-refractivity contribution is 7.80. The summed E-state index contributed by atoms with van der Waals surface area (Å²) in [6, 6.07) is 0. The van der Waals surface area contributed by atoms with Gasteiger partial charge in [-0.3, -0.25) is 4.79 Å². The van der Waals surface area contributed by atoms with Gasteiger partial charge in [-0.05, 0) is 6.42 Å². The zero-order chi connectivity index (χ0) is 9.68. The van der Waals surface area contributed by atoms with Gasteiger partial charge in [-0.1, -0.05) is 6.92 Å². The predicted octanol–water partition coefficient (Wildman–Crippen LogP) is 0.833. The van der Waals surface area contributed by atoms with Crippen LogP contribution in [0.3, 0.4) is 0 Å². The highest BCUT2D eigenvalue weighted by atomic mass is 32.1. The smallest absolute Gasteiger partial charge is 0.325 e. The summed E-state index contributed by atoms with van der Waals surface area (Å²) in [5.74, 6) is -0.191. The third kappa shape index (κ3) is 3.54. The molecule has 0 aromatic heterocycles. The first kappa shape index (κ1) is 10.8. The third-order valence-corrected chi connectivity index (χ3v) is 2.14. The summed E-state index contributed by atoms with van der Waals surface area (Å²) in [7, 11) is 0. The molecule has 0 bridgehead atoms. The Bertz CT molecular complexity index is 177. The van der Waals surface area contributed by atoms with Gasteiger partial charge in [0.25, 0.3) is 0 Å². The molecular formula is C8H15NO3S. The van der Waals surface area contributed by atoms with Crippen LogP contribution in [0.4, 0.5) is 0 Å². The largest absolute Gasteiger partial charge is 0.377 e. The first-order valence-corrected chi connectivity index (χ1v) is 4.99. The number of hydroxylamine groups is 2. The van der Waals surface area contributed by atoms with Crippen molar-refractivity contribution in [2.45, 2.75) is 25.1 Å². The second-order valence-corrected chi connectivity index (χ2v) is 3.51. The second kappa shape index (κ2) is 5.47. The van der Waals surface area contributed by atoms with E-state index in [1.54, 1.807) is 5.06 Å².